The number of pyridine rings is 1. The van der Waals surface area contributed by atoms with E-state index in [0.29, 0.717) is 26.1 Å². The zero-order valence-electron chi connectivity index (χ0n) is 26.5. The average molecular weight is 579 g/mol. The highest BCUT2D eigenvalue weighted by Crippen LogP contribution is 2.27. The Morgan fingerprint density at radius 2 is 1.76 bits per heavy atom. The lowest BCUT2D eigenvalue weighted by Gasteiger charge is -2.38. The van der Waals surface area contributed by atoms with Crippen LogP contribution in [-0.2, 0) is 27.2 Å². The molecule has 0 bridgehead atoms. The van der Waals surface area contributed by atoms with E-state index < -0.39 is 17.5 Å². The molecule has 1 fully saturated rings. The van der Waals surface area contributed by atoms with Crippen LogP contribution in [0.3, 0.4) is 0 Å². The van der Waals surface area contributed by atoms with Crippen molar-refractivity contribution in [2.45, 2.75) is 77.5 Å². The van der Waals surface area contributed by atoms with Gasteiger partial charge in [-0.05, 0) is 76.4 Å². The SMILES string of the molecule is CN[C@H](Cc1cccnc1)C(=O)N(CCc1ccccc1)C[C@@H]1CCCN1C(=O)[C@@H](NC(=O)[C@H](C)N(C)C)C(C)(C)C. The van der Waals surface area contributed by atoms with E-state index in [2.05, 4.69) is 27.8 Å². The standard InChI is InChI=1S/C33H50N6O3/c1-24(37(6)7)30(40)36-29(33(2,3)4)32(42)39-19-12-16-27(39)23-38(20-17-25-13-9-8-10-14-25)31(41)28(34-5)21-26-15-11-18-35-22-26/h8-11,13-15,18,22,24,27-29,34H,12,16-17,19-21,23H2,1-7H3,(H,36,40)/t24-,27-,28+,29+/m0/s1. The topological polar surface area (TPSA) is 97.9 Å². The van der Waals surface area contributed by atoms with Gasteiger partial charge in [0.2, 0.25) is 17.7 Å². The van der Waals surface area contributed by atoms with Crippen LogP contribution in [0, 0.1) is 5.41 Å². The van der Waals surface area contributed by atoms with Crippen molar-refractivity contribution < 1.29 is 14.4 Å². The quantitative estimate of drug-likeness (QED) is 0.380. The molecule has 1 aromatic heterocycles. The Labute approximate surface area is 252 Å². The summed E-state index contributed by atoms with van der Waals surface area (Å²) < 4.78 is 0. The van der Waals surface area contributed by atoms with Crippen molar-refractivity contribution in [3.8, 4) is 0 Å². The van der Waals surface area contributed by atoms with Crippen LogP contribution in [0.1, 0.15) is 51.7 Å². The third kappa shape index (κ3) is 9.10. The van der Waals surface area contributed by atoms with E-state index in [9.17, 15) is 14.4 Å². The van der Waals surface area contributed by atoms with Gasteiger partial charge in [-0.2, -0.15) is 0 Å². The minimum Gasteiger partial charge on any atom is -0.342 e. The summed E-state index contributed by atoms with van der Waals surface area (Å²) in [6.07, 6.45) is 6.45. The summed E-state index contributed by atoms with van der Waals surface area (Å²) >= 11 is 0. The summed E-state index contributed by atoms with van der Waals surface area (Å²) in [5.74, 6) is -0.242. The van der Waals surface area contributed by atoms with Crippen molar-refractivity contribution in [1.82, 2.24) is 30.3 Å². The molecule has 3 amide bonds. The van der Waals surface area contributed by atoms with Gasteiger partial charge in [-0.3, -0.25) is 24.3 Å². The number of hydrogen-bond donors (Lipinski definition) is 2. The van der Waals surface area contributed by atoms with Gasteiger partial charge in [0.15, 0.2) is 0 Å². The number of benzene rings is 1. The maximum Gasteiger partial charge on any atom is 0.246 e. The van der Waals surface area contributed by atoms with Gasteiger partial charge >= 0.3 is 0 Å². The van der Waals surface area contributed by atoms with Gasteiger partial charge in [0, 0.05) is 38.1 Å². The first-order valence-corrected chi connectivity index (χ1v) is 15.1. The fourth-order valence-electron chi connectivity index (χ4n) is 5.37. The van der Waals surface area contributed by atoms with Gasteiger partial charge in [0.05, 0.1) is 12.1 Å². The van der Waals surface area contributed by atoms with Gasteiger partial charge in [-0.15, -0.1) is 0 Å². The Balaban J connectivity index is 1.82. The summed E-state index contributed by atoms with van der Waals surface area (Å²) in [7, 11) is 5.51. The monoisotopic (exact) mass is 578 g/mol. The summed E-state index contributed by atoms with van der Waals surface area (Å²) in [6.45, 7) is 9.37. The predicted octanol–water partition coefficient (Wildman–Crippen LogP) is 2.76. The van der Waals surface area contributed by atoms with Gasteiger partial charge in [-0.25, -0.2) is 0 Å². The number of likely N-dealkylation sites (tertiary alicyclic amines) is 1. The Kier molecular flexibility index (Phi) is 12.1. The lowest BCUT2D eigenvalue weighted by molar-refractivity contribution is -0.142. The molecule has 0 radical (unpaired) electrons. The Hall–Kier alpha value is -3.30. The number of rotatable bonds is 13. The molecule has 9 nitrogen and oxygen atoms in total. The number of amides is 3. The molecule has 4 atom stereocenters. The Morgan fingerprint density at radius 1 is 1.07 bits per heavy atom. The molecule has 2 heterocycles. The molecule has 9 heteroatoms. The Bertz CT molecular complexity index is 1150. The van der Waals surface area contributed by atoms with E-state index >= 15 is 0 Å². The second kappa shape index (κ2) is 15.3. The summed E-state index contributed by atoms with van der Waals surface area (Å²) in [6, 6.07) is 12.5. The van der Waals surface area contributed by atoms with Crippen LogP contribution >= 0.6 is 0 Å². The van der Waals surface area contributed by atoms with E-state index in [1.165, 1.54) is 0 Å². The number of likely N-dealkylation sites (N-methyl/N-ethyl adjacent to an activating group) is 2. The van der Waals surface area contributed by atoms with Crippen molar-refractivity contribution in [3.63, 3.8) is 0 Å². The molecule has 1 aromatic carbocycles. The second-order valence-electron chi connectivity index (χ2n) is 12.7. The molecule has 1 aliphatic heterocycles. The van der Waals surface area contributed by atoms with Crippen LogP contribution in [-0.4, -0.2) is 102 Å². The summed E-state index contributed by atoms with van der Waals surface area (Å²) in [5, 5.41) is 6.26. The third-order valence-corrected chi connectivity index (χ3v) is 8.28. The first-order chi connectivity index (χ1) is 19.9. The summed E-state index contributed by atoms with van der Waals surface area (Å²) in [5.41, 5.74) is 1.67. The van der Waals surface area contributed by atoms with Crippen LogP contribution in [0.15, 0.2) is 54.9 Å². The second-order valence-corrected chi connectivity index (χ2v) is 12.7. The molecule has 1 aliphatic rings. The van der Waals surface area contributed by atoms with E-state index in [-0.39, 0.29) is 29.8 Å². The average Bonchev–Trinajstić information content (AvgIpc) is 3.44. The molecular formula is C33H50N6O3. The number of nitrogens with one attached hydrogen (secondary N) is 2. The maximum absolute atomic E-state index is 14.1. The molecule has 2 N–H and O–H groups in total. The minimum atomic E-state index is -0.669. The third-order valence-electron chi connectivity index (χ3n) is 8.28. The molecule has 3 rings (SSSR count). The van der Waals surface area contributed by atoms with Gasteiger partial charge in [-0.1, -0.05) is 57.2 Å². The molecule has 230 valence electrons. The highest BCUT2D eigenvalue weighted by atomic mass is 16.2. The number of hydrogen-bond acceptors (Lipinski definition) is 6. The largest absolute Gasteiger partial charge is 0.342 e. The van der Waals surface area contributed by atoms with E-state index in [0.717, 1.165) is 30.4 Å². The van der Waals surface area contributed by atoms with Crippen LogP contribution < -0.4 is 10.6 Å². The lowest BCUT2D eigenvalue weighted by atomic mass is 9.85. The first kappa shape index (κ1) is 33.2. The number of carbonyl (C=O) groups is 3. The van der Waals surface area contributed by atoms with Crippen LogP contribution in [0.5, 0.6) is 0 Å². The first-order valence-electron chi connectivity index (χ1n) is 15.1. The van der Waals surface area contributed by atoms with Crippen molar-refractivity contribution in [2.75, 3.05) is 40.8 Å². The van der Waals surface area contributed by atoms with Crippen molar-refractivity contribution in [1.29, 1.82) is 0 Å². The zero-order chi connectivity index (χ0) is 30.9. The highest BCUT2D eigenvalue weighted by Gasteiger charge is 2.41. The van der Waals surface area contributed by atoms with Crippen molar-refractivity contribution in [2.24, 2.45) is 5.41 Å². The molecule has 42 heavy (non-hydrogen) atoms. The molecule has 0 saturated carbocycles. The van der Waals surface area contributed by atoms with Crippen LogP contribution in [0.25, 0.3) is 0 Å². The highest BCUT2D eigenvalue weighted by molar-refractivity contribution is 5.90. The number of carbonyl (C=O) groups excluding carboxylic acids is 3. The molecule has 0 aliphatic carbocycles. The molecule has 2 aromatic rings. The van der Waals surface area contributed by atoms with Crippen molar-refractivity contribution in [3.05, 3.63) is 66.0 Å². The molecular weight excluding hydrogens is 528 g/mol. The fourth-order valence-corrected chi connectivity index (χ4v) is 5.37. The van der Waals surface area contributed by atoms with E-state index in [1.807, 2.05) is 93.9 Å². The lowest BCUT2D eigenvalue weighted by Crippen LogP contribution is -2.59. The molecule has 0 spiro atoms. The Morgan fingerprint density at radius 3 is 2.36 bits per heavy atom. The number of aromatic nitrogens is 1. The molecule has 1 saturated heterocycles. The minimum absolute atomic E-state index is 0.0112. The summed E-state index contributed by atoms with van der Waals surface area (Å²) in [4.78, 5) is 50.9. The van der Waals surface area contributed by atoms with Crippen LogP contribution in [0.4, 0.5) is 0 Å². The zero-order valence-corrected chi connectivity index (χ0v) is 26.5. The predicted molar refractivity (Wildman–Crippen MR) is 167 cm³/mol. The van der Waals surface area contributed by atoms with Crippen molar-refractivity contribution >= 4 is 17.7 Å². The van der Waals surface area contributed by atoms with Gasteiger partial charge in [0.1, 0.15) is 6.04 Å². The van der Waals surface area contributed by atoms with Gasteiger partial charge < -0.3 is 20.4 Å². The molecule has 0 unspecified atom stereocenters. The fraction of sp³-hybridized carbons (Fsp3) is 0.576. The normalized spacial score (nSPS) is 17.5. The maximum atomic E-state index is 14.1. The van der Waals surface area contributed by atoms with Gasteiger partial charge in [0.25, 0.3) is 0 Å². The smallest absolute Gasteiger partial charge is 0.246 e. The van der Waals surface area contributed by atoms with Crippen LogP contribution in [0.2, 0.25) is 0 Å². The van der Waals surface area contributed by atoms with E-state index in [1.54, 1.807) is 12.4 Å². The van der Waals surface area contributed by atoms with E-state index in [4.69, 9.17) is 0 Å². The number of nitrogens with zero attached hydrogens (tertiary/aromatic N) is 4.